The molecule has 1 aromatic carbocycles. The van der Waals surface area contributed by atoms with Gasteiger partial charge in [0, 0.05) is 25.0 Å². The highest BCUT2D eigenvalue weighted by molar-refractivity contribution is 7.17. The number of carbonyl (C=O) groups is 1. The molecule has 0 spiro atoms. The van der Waals surface area contributed by atoms with Crippen LogP contribution in [0.5, 0.6) is 5.75 Å². The maximum Gasteiger partial charge on any atom is 0.272 e. The van der Waals surface area contributed by atoms with Gasteiger partial charge in [0.1, 0.15) is 11.4 Å². The summed E-state index contributed by atoms with van der Waals surface area (Å²) >= 11 is 1.51. The van der Waals surface area contributed by atoms with Crippen molar-refractivity contribution in [3.8, 4) is 10.9 Å². The van der Waals surface area contributed by atoms with Crippen LogP contribution in [0.2, 0.25) is 0 Å². The van der Waals surface area contributed by atoms with E-state index in [0.717, 1.165) is 24.0 Å². The Morgan fingerprint density at radius 3 is 2.61 bits per heavy atom. The molecule has 0 aliphatic carbocycles. The van der Waals surface area contributed by atoms with Crippen molar-refractivity contribution in [3.05, 3.63) is 48.3 Å². The first-order valence-corrected chi connectivity index (χ1v) is 10.4. The maximum atomic E-state index is 12.8. The third kappa shape index (κ3) is 4.01. The Kier molecular flexibility index (Phi) is 5.57. The van der Waals surface area contributed by atoms with Crippen LogP contribution < -0.4 is 15.0 Å². The number of benzene rings is 1. The standard InChI is InChI=1S/C20H23N5O2S/c1-2-27-16-10-8-15(9-11-16)21-18(26)17-7-6-14-25(17)20-23-22-19(28-20)24-12-4-3-5-13-24/h6-11,14H,2-5,12-13H2,1H3,(H,21,26). The van der Waals surface area contributed by atoms with Crippen LogP contribution in [-0.4, -0.2) is 40.4 Å². The first-order valence-electron chi connectivity index (χ1n) is 9.55. The fourth-order valence-electron chi connectivity index (χ4n) is 3.25. The zero-order valence-electron chi connectivity index (χ0n) is 15.8. The van der Waals surface area contributed by atoms with Crippen LogP contribution in [0, 0.1) is 0 Å². The second-order valence-corrected chi connectivity index (χ2v) is 7.52. The third-order valence-electron chi connectivity index (χ3n) is 4.64. The molecule has 1 amide bonds. The summed E-state index contributed by atoms with van der Waals surface area (Å²) in [5.74, 6) is 0.590. The SMILES string of the molecule is CCOc1ccc(NC(=O)c2cccn2-c2nnc(N3CCCCC3)s2)cc1. The van der Waals surface area contributed by atoms with Crippen LogP contribution in [0.25, 0.3) is 5.13 Å². The lowest BCUT2D eigenvalue weighted by atomic mass is 10.1. The predicted molar refractivity (Wildman–Crippen MR) is 111 cm³/mol. The Labute approximate surface area is 168 Å². The summed E-state index contributed by atoms with van der Waals surface area (Å²) in [6.45, 7) is 4.59. The minimum atomic E-state index is -0.191. The number of piperidine rings is 1. The first-order chi connectivity index (χ1) is 13.7. The van der Waals surface area contributed by atoms with Crippen LogP contribution in [0.3, 0.4) is 0 Å². The molecule has 0 saturated carbocycles. The average molecular weight is 398 g/mol. The van der Waals surface area contributed by atoms with Crippen molar-refractivity contribution < 1.29 is 9.53 Å². The Morgan fingerprint density at radius 1 is 1.11 bits per heavy atom. The summed E-state index contributed by atoms with van der Waals surface area (Å²) < 4.78 is 7.22. The highest BCUT2D eigenvalue weighted by Gasteiger charge is 2.19. The van der Waals surface area contributed by atoms with E-state index in [1.807, 2.05) is 43.5 Å². The topological polar surface area (TPSA) is 72.3 Å². The number of hydrogen-bond acceptors (Lipinski definition) is 6. The van der Waals surface area contributed by atoms with Crippen LogP contribution in [0.4, 0.5) is 10.8 Å². The summed E-state index contributed by atoms with van der Waals surface area (Å²) in [5.41, 5.74) is 1.24. The quantitative estimate of drug-likeness (QED) is 0.681. The van der Waals surface area contributed by atoms with Gasteiger partial charge in [-0.25, -0.2) is 0 Å². The molecule has 2 aromatic heterocycles. The molecule has 8 heteroatoms. The molecule has 1 fully saturated rings. The number of anilines is 2. The van der Waals surface area contributed by atoms with E-state index in [2.05, 4.69) is 20.4 Å². The highest BCUT2D eigenvalue weighted by atomic mass is 32.1. The number of aromatic nitrogens is 3. The number of nitrogens with one attached hydrogen (secondary N) is 1. The van der Waals surface area contributed by atoms with E-state index in [4.69, 9.17) is 4.74 Å². The number of rotatable bonds is 6. The molecular formula is C20H23N5O2S. The van der Waals surface area contributed by atoms with Gasteiger partial charge in [-0.1, -0.05) is 11.3 Å². The third-order valence-corrected chi connectivity index (χ3v) is 5.62. The molecule has 146 valence electrons. The molecule has 0 radical (unpaired) electrons. The smallest absolute Gasteiger partial charge is 0.272 e. The summed E-state index contributed by atoms with van der Waals surface area (Å²) in [6.07, 6.45) is 5.49. The lowest BCUT2D eigenvalue weighted by molar-refractivity contribution is 0.102. The van der Waals surface area contributed by atoms with Crippen molar-refractivity contribution in [2.24, 2.45) is 0 Å². The second kappa shape index (κ2) is 8.43. The molecule has 7 nitrogen and oxygen atoms in total. The highest BCUT2D eigenvalue weighted by Crippen LogP contribution is 2.27. The number of amides is 1. The number of nitrogens with zero attached hydrogens (tertiary/aromatic N) is 4. The Balaban J connectivity index is 1.49. The molecule has 1 saturated heterocycles. The van der Waals surface area contributed by atoms with Crippen molar-refractivity contribution >= 4 is 28.1 Å². The van der Waals surface area contributed by atoms with E-state index >= 15 is 0 Å². The average Bonchev–Trinajstić information content (AvgIpc) is 3.40. The fraction of sp³-hybridized carbons (Fsp3) is 0.350. The lowest BCUT2D eigenvalue weighted by Crippen LogP contribution is -2.29. The van der Waals surface area contributed by atoms with Gasteiger partial charge >= 0.3 is 0 Å². The molecule has 1 N–H and O–H groups in total. The predicted octanol–water partition coefficient (Wildman–Crippen LogP) is 3.97. The van der Waals surface area contributed by atoms with Gasteiger partial charge in [-0.2, -0.15) is 0 Å². The zero-order valence-corrected chi connectivity index (χ0v) is 16.6. The fourth-order valence-corrected chi connectivity index (χ4v) is 4.14. The lowest BCUT2D eigenvalue weighted by Gasteiger charge is -2.25. The monoisotopic (exact) mass is 397 g/mol. The summed E-state index contributed by atoms with van der Waals surface area (Å²) in [6, 6.07) is 11.0. The van der Waals surface area contributed by atoms with Gasteiger partial charge in [0.25, 0.3) is 5.91 Å². The van der Waals surface area contributed by atoms with Gasteiger partial charge in [0.2, 0.25) is 10.3 Å². The van der Waals surface area contributed by atoms with Gasteiger partial charge in [0.15, 0.2) is 0 Å². The Bertz CT molecular complexity index is 928. The van der Waals surface area contributed by atoms with E-state index in [1.54, 1.807) is 10.6 Å². The van der Waals surface area contributed by atoms with Gasteiger partial charge in [-0.3, -0.25) is 9.36 Å². The van der Waals surface area contributed by atoms with Crippen molar-refractivity contribution in [1.82, 2.24) is 14.8 Å². The van der Waals surface area contributed by atoms with Gasteiger partial charge in [-0.05, 0) is 62.6 Å². The molecule has 28 heavy (non-hydrogen) atoms. The summed E-state index contributed by atoms with van der Waals surface area (Å²) in [5, 5.41) is 13.2. The Morgan fingerprint density at radius 2 is 1.86 bits per heavy atom. The number of ether oxygens (including phenoxy) is 1. The summed E-state index contributed by atoms with van der Waals surface area (Å²) in [7, 11) is 0. The molecule has 0 atom stereocenters. The molecule has 3 heterocycles. The molecule has 3 aromatic rings. The van der Waals surface area contributed by atoms with Crippen LogP contribution >= 0.6 is 11.3 Å². The summed E-state index contributed by atoms with van der Waals surface area (Å²) in [4.78, 5) is 15.0. The molecular weight excluding hydrogens is 374 g/mol. The number of carbonyl (C=O) groups excluding carboxylic acids is 1. The Hall–Kier alpha value is -2.87. The minimum Gasteiger partial charge on any atom is -0.494 e. The molecule has 1 aliphatic rings. The zero-order chi connectivity index (χ0) is 19.3. The van der Waals surface area contributed by atoms with Crippen molar-refractivity contribution in [1.29, 1.82) is 0 Å². The van der Waals surface area contributed by atoms with Gasteiger partial charge in [0.05, 0.1) is 6.61 Å². The minimum absolute atomic E-state index is 0.191. The number of hydrogen-bond donors (Lipinski definition) is 1. The van der Waals surface area contributed by atoms with E-state index in [1.165, 1.54) is 30.6 Å². The largest absolute Gasteiger partial charge is 0.494 e. The van der Waals surface area contributed by atoms with Crippen LogP contribution in [-0.2, 0) is 0 Å². The van der Waals surface area contributed by atoms with E-state index in [9.17, 15) is 4.79 Å². The van der Waals surface area contributed by atoms with Crippen molar-refractivity contribution in [2.75, 3.05) is 29.9 Å². The van der Waals surface area contributed by atoms with Crippen molar-refractivity contribution in [3.63, 3.8) is 0 Å². The van der Waals surface area contributed by atoms with E-state index in [-0.39, 0.29) is 5.91 Å². The molecule has 1 aliphatic heterocycles. The first kappa shape index (κ1) is 18.5. The maximum absolute atomic E-state index is 12.8. The van der Waals surface area contributed by atoms with E-state index < -0.39 is 0 Å². The van der Waals surface area contributed by atoms with E-state index in [0.29, 0.717) is 23.1 Å². The van der Waals surface area contributed by atoms with Gasteiger partial charge in [-0.15, -0.1) is 10.2 Å². The van der Waals surface area contributed by atoms with Crippen molar-refractivity contribution in [2.45, 2.75) is 26.2 Å². The normalized spacial score (nSPS) is 14.1. The van der Waals surface area contributed by atoms with Gasteiger partial charge < -0.3 is 15.0 Å². The van der Waals surface area contributed by atoms with Crippen LogP contribution in [0.1, 0.15) is 36.7 Å². The molecule has 0 unspecified atom stereocenters. The molecule has 4 rings (SSSR count). The van der Waals surface area contributed by atoms with Crippen LogP contribution in [0.15, 0.2) is 42.6 Å². The molecule has 0 bridgehead atoms. The second-order valence-electron chi connectivity index (χ2n) is 6.59.